The number of hydrogen-bond donors (Lipinski definition) is 0. The zero-order chi connectivity index (χ0) is 22.1. The molecule has 3 aromatic rings. The number of carbonyl (C=O) groups excluding carboxylic acids is 1. The van der Waals surface area contributed by atoms with E-state index in [9.17, 15) is 23.3 Å². The molecule has 0 heterocycles. The Morgan fingerprint density at radius 2 is 1.40 bits per heavy atom. The third-order valence-electron chi connectivity index (χ3n) is 4.65. The maximum Gasteiger partial charge on any atom is 0.272 e. The highest BCUT2D eigenvalue weighted by molar-refractivity contribution is 7.93. The first kappa shape index (κ1) is 21.2. The number of nitro benzene ring substituents is 1. The lowest BCUT2D eigenvalue weighted by Crippen LogP contribution is -2.37. The van der Waals surface area contributed by atoms with Crippen LogP contribution in [-0.2, 0) is 10.0 Å². The van der Waals surface area contributed by atoms with E-state index in [4.69, 9.17) is 0 Å². The molecule has 154 valence electrons. The number of benzene rings is 3. The van der Waals surface area contributed by atoms with Crippen LogP contribution in [0.25, 0.3) is 0 Å². The third-order valence-corrected chi connectivity index (χ3v) is 6.38. The molecule has 0 fully saturated rings. The van der Waals surface area contributed by atoms with Crippen molar-refractivity contribution >= 4 is 27.3 Å². The van der Waals surface area contributed by atoms with Crippen LogP contribution >= 0.6 is 0 Å². The monoisotopic (exact) mass is 424 g/mol. The summed E-state index contributed by atoms with van der Waals surface area (Å²) in [5.41, 5.74) is 2.13. The van der Waals surface area contributed by atoms with Crippen LogP contribution in [0.3, 0.4) is 0 Å². The van der Waals surface area contributed by atoms with Crippen molar-refractivity contribution in [3.63, 3.8) is 0 Å². The topological polar surface area (TPSA) is 97.6 Å². The lowest BCUT2D eigenvalue weighted by atomic mass is 10.1. The summed E-state index contributed by atoms with van der Waals surface area (Å²) in [5.74, 6) is -0.794. The fourth-order valence-electron chi connectivity index (χ4n) is 2.97. The van der Waals surface area contributed by atoms with Crippen LogP contribution in [0, 0.1) is 30.9 Å². The first-order valence-electron chi connectivity index (χ1n) is 9.09. The molecule has 7 nitrogen and oxygen atoms in total. The van der Waals surface area contributed by atoms with Gasteiger partial charge in [-0.25, -0.2) is 8.42 Å². The van der Waals surface area contributed by atoms with Gasteiger partial charge in [0.15, 0.2) is 0 Å². The Kier molecular flexibility index (Phi) is 5.71. The average molecular weight is 424 g/mol. The van der Waals surface area contributed by atoms with Crippen molar-refractivity contribution in [1.29, 1.82) is 0 Å². The number of nitro groups is 1. The molecular formula is C22H20N2O5S. The number of amides is 1. The van der Waals surface area contributed by atoms with Crippen molar-refractivity contribution in [2.75, 3.05) is 4.31 Å². The molecule has 3 rings (SSSR count). The maximum absolute atomic E-state index is 13.4. The van der Waals surface area contributed by atoms with E-state index in [1.807, 2.05) is 13.8 Å². The van der Waals surface area contributed by atoms with Gasteiger partial charge in [0.2, 0.25) is 0 Å². The number of aryl methyl sites for hydroxylation is 3. The molecule has 1 amide bonds. The minimum Gasteiger partial charge on any atom is -0.268 e. The molecule has 0 aromatic heterocycles. The van der Waals surface area contributed by atoms with Crippen LogP contribution in [0.5, 0.6) is 0 Å². The van der Waals surface area contributed by atoms with Crippen LogP contribution < -0.4 is 4.31 Å². The van der Waals surface area contributed by atoms with Crippen molar-refractivity contribution in [2.45, 2.75) is 25.7 Å². The van der Waals surface area contributed by atoms with E-state index in [-0.39, 0.29) is 27.4 Å². The van der Waals surface area contributed by atoms with E-state index >= 15 is 0 Å². The van der Waals surface area contributed by atoms with Crippen molar-refractivity contribution < 1.29 is 18.1 Å². The van der Waals surface area contributed by atoms with Crippen LogP contribution in [0.1, 0.15) is 27.0 Å². The minimum absolute atomic E-state index is 0.0272. The molecule has 0 saturated heterocycles. The molecule has 0 saturated carbocycles. The highest BCUT2D eigenvalue weighted by atomic mass is 32.2. The normalized spacial score (nSPS) is 11.2. The van der Waals surface area contributed by atoms with E-state index in [1.165, 1.54) is 37.3 Å². The summed E-state index contributed by atoms with van der Waals surface area (Å²) in [7, 11) is -4.22. The van der Waals surface area contributed by atoms with Gasteiger partial charge in [0.1, 0.15) is 0 Å². The lowest BCUT2D eigenvalue weighted by molar-refractivity contribution is -0.385. The zero-order valence-electron chi connectivity index (χ0n) is 16.7. The predicted molar refractivity (Wildman–Crippen MR) is 114 cm³/mol. The summed E-state index contributed by atoms with van der Waals surface area (Å²) in [6.07, 6.45) is 0. The summed E-state index contributed by atoms with van der Waals surface area (Å²) < 4.78 is 27.5. The number of rotatable bonds is 5. The lowest BCUT2D eigenvalue weighted by Gasteiger charge is -2.23. The first-order valence-corrected chi connectivity index (χ1v) is 10.5. The third kappa shape index (κ3) is 4.08. The fraction of sp³-hybridized carbons (Fsp3) is 0.136. The van der Waals surface area contributed by atoms with Crippen molar-refractivity contribution in [3.8, 4) is 0 Å². The quantitative estimate of drug-likeness (QED) is 0.442. The Hall–Kier alpha value is -3.52. The molecule has 30 heavy (non-hydrogen) atoms. The number of nitrogens with zero attached hydrogens (tertiary/aromatic N) is 2. The molecule has 0 atom stereocenters. The van der Waals surface area contributed by atoms with Crippen molar-refractivity contribution in [3.05, 3.63) is 99.1 Å². The van der Waals surface area contributed by atoms with Gasteiger partial charge < -0.3 is 0 Å². The van der Waals surface area contributed by atoms with Gasteiger partial charge in [-0.3, -0.25) is 14.9 Å². The SMILES string of the molecule is Cc1ccc(N(C(=O)c2ccc([N+](=O)[O-])c(C)c2)S(=O)(=O)c2ccc(C)cc2)cc1. The van der Waals surface area contributed by atoms with E-state index in [0.29, 0.717) is 0 Å². The van der Waals surface area contributed by atoms with Crippen LogP contribution in [0.15, 0.2) is 71.6 Å². The molecule has 0 radical (unpaired) electrons. The Balaban J connectivity index is 2.16. The van der Waals surface area contributed by atoms with Crippen LogP contribution in [0.2, 0.25) is 0 Å². The van der Waals surface area contributed by atoms with Gasteiger partial charge in [0.05, 0.1) is 15.5 Å². The molecular weight excluding hydrogens is 404 g/mol. The second-order valence-electron chi connectivity index (χ2n) is 6.98. The highest BCUT2D eigenvalue weighted by Crippen LogP contribution is 2.28. The van der Waals surface area contributed by atoms with Gasteiger partial charge in [0.25, 0.3) is 21.6 Å². The minimum atomic E-state index is -4.22. The van der Waals surface area contributed by atoms with E-state index in [2.05, 4.69) is 0 Å². The van der Waals surface area contributed by atoms with Gasteiger partial charge >= 0.3 is 0 Å². The van der Waals surface area contributed by atoms with Crippen molar-refractivity contribution in [2.24, 2.45) is 0 Å². The van der Waals surface area contributed by atoms with Crippen molar-refractivity contribution in [1.82, 2.24) is 0 Å². The fourth-order valence-corrected chi connectivity index (χ4v) is 4.39. The van der Waals surface area contributed by atoms with Gasteiger partial charge in [-0.2, -0.15) is 4.31 Å². The first-order chi connectivity index (χ1) is 14.1. The molecule has 0 aliphatic carbocycles. The van der Waals surface area contributed by atoms with E-state index in [1.54, 1.807) is 36.4 Å². The molecule has 0 aliphatic heterocycles. The Morgan fingerprint density at radius 3 is 1.90 bits per heavy atom. The number of carbonyl (C=O) groups is 1. The zero-order valence-corrected chi connectivity index (χ0v) is 17.5. The molecule has 8 heteroatoms. The largest absolute Gasteiger partial charge is 0.272 e. The summed E-state index contributed by atoms with van der Waals surface area (Å²) in [5, 5.41) is 11.1. The smallest absolute Gasteiger partial charge is 0.268 e. The second kappa shape index (κ2) is 8.08. The summed E-state index contributed by atoms with van der Waals surface area (Å²) >= 11 is 0. The Morgan fingerprint density at radius 1 is 0.867 bits per heavy atom. The Bertz CT molecular complexity index is 1220. The molecule has 0 unspecified atom stereocenters. The predicted octanol–water partition coefficient (Wildman–Crippen LogP) is 4.56. The number of anilines is 1. The van der Waals surface area contributed by atoms with Gasteiger partial charge in [0, 0.05) is 17.2 Å². The van der Waals surface area contributed by atoms with E-state index in [0.717, 1.165) is 15.4 Å². The standard InChI is InChI=1S/C22H20N2O5S/c1-15-4-9-19(10-5-15)23(30(28,29)20-11-6-16(2)7-12-20)22(25)18-8-13-21(24(26)27)17(3)14-18/h4-14H,1-3H3. The molecule has 0 bridgehead atoms. The highest BCUT2D eigenvalue weighted by Gasteiger charge is 2.32. The number of sulfonamides is 1. The summed E-state index contributed by atoms with van der Waals surface area (Å²) in [6, 6.07) is 16.5. The molecule has 0 N–H and O–H groups in total. The van der Waals surface area contributed by atoms with E-state index < -0.39 is 20.9 Å². The second-order valence-corrected chi connectivity index (χ2v) is 8.77. The summed E-state index contributed by atoms with van der Waals surface area (Å²) in [6.45, 7) is 5.18. The van der Waals surface area contributed by atoms with Crippen LogP contribution in [-0.4, -0.2) is 19.2 Å². The molecule has 0 aliphatic rings. The van der Waals surface area contributed by atoms with Gasteiger partial charge in [-0.15, -0.1) is 0 Å². The van der Waals surface area contributed by atoms with Gasteiger partial charge in [-0.05, 0) is 57.2 Å². The van der Waals surface area contributed by atoms with Gasteiger partial charge in [-0.1, -0.05) is 35.4 Å². The van der Waals surface area contributed by atoms with Crippen LogP contribution in [0.4, 0.5) is 11.4 Å². The molecule has 0 spiro atoms. The average Bonchev–Trinajstić information content (AvgIpc) is 2.69. The molecule has 3 aromatic carbocycles. The summed E-state index contributed by atoms with van der Waals surface area (Å²) in [4.78, 5) is 23.8. The Labute approximate surface area is 174 Å². The number of hydrogen-bond acceptors (Lipinski definition) is 5. The maximum atomic E-state index is 13.4.